The van der Waals surface area contributed by atoms with Gasteiger partial charge in [-0.15, -0.1) is 0 Å². The normalized spacial score (nSPS) is 11.0. The van der Waals surface area contributed by atoms with Crippen LogP contribution in [0, 0.1) is 0 Å². The van der Waals surface area contributed by atoms with Crippen LogP contribution in [0.5, 0.6) is 0 Å². The van der Waals surface area contributed by atoms with Crippen LogP contribution in [0.4, 0.5) is 0 Å². The van der Waals surface area contributed by atoms with Crippen molar-refractivity contribution in [3.63, 3.8) is 0 Å². The van der Waals surface area contributed by atoms with Crippen molar-refractivity contribution in [2.75, 3.05) is 40.3 Å². The summed E-state index contributed by atoms with van der Waals surface area (Å²) in [6.07, 6.45) is 1.80. The third-order valence-electron chi connectivity index (χ3n) is 2.73. The third kappa shape index (κ3) is 6.88. The second kappa shape index (κ2) is 8.61. The van der Waals surface area contributed by atoms with Crippen molar-refractivity contribution in [2.45, 2.75) is 13.5 Å². The van der Waals surface area contributed by atoms with Gasteiger partial charge in [0, 0.05) is 25.8 Å². The molecule has 0 saturated heterocycles. The van der Waals surface area contributed by atoms with Gasteiger partial charge in [0.2, 0.25) is 0 Å². The highest BCUT2D eigenvalue weighted by molar-refractivity contribution is 5.71. The molecule has 0 aromatic carbocycles. The van der Waals surface area contributed by atoms with E-state index in [9.17, 15) is 4.79 Å². The SMILES string of the molecule is CCOC(=O)CN(C)CCN(C)Cc1ccccn1. The first-order valence-electron chi connectivity index (χ1n) is 6.54. The van der Waals surface area contributed by atoms with Gasteiger partial charge in [-0.1, -0.05) is 6.07 Å². The van der Waals surface area contributed by atoms with E-state index < -0.39 is 0 Å². The standard InChI is InChI=1S/C14H23N3O2/c1-4-19-14(18)12-17(3)10-9-16(2)11-13-7-5-6-8-15-13/h5-8H,4,9-12H2,1-3H3. The Morgan fingerprint density at radius 1 is 1.26 bits per heavy atom. The van der Waals surface area contributed by atoms with Crippen LogP contribution in [0.1, 0.15) is 12.6 Å². The Balaban J connectivity index is 2.22. The molecule has 1 heterocycles. The predicted molar refractivity (Wildman–Crippen MR) is 74.7 cm³/mol. The summed E-state index contributed by atoms with van der Waals surface area (Å²) in [6, 6.07) is 5.92. The number of rotatable bonds is 8. The van der Waals surface area contributed by atoms with Crippen molar-refractivity contribution in [2.24, 2.45) is 0 Å². The number of hydrogen-bond acceptors (Lipinski definition) is 5. The topological polar surface area (TPSA) is 45.7 Å². The van der Waals surface area contributed by atoms with Crippen LogP contribution in [0.25, 0.3) is 0 Å². The molecule has 0 radical (unpaired) electrons. The summed E-state index contributed by atoms with van der Waals surface area (Å²) in [6.45, 7) is 5.11. The van der Waals surface area contributed by atoms with Crippen LogP contribution in [0.3, 0.4) is 0 Å². The van der Waals surface area contributed by atoms with Crippen molar-refractivity contribution < 1.29 is 9.53 Å². The fourth-order valence-corrected chi connectivity index (χ4v) is 1.69. The van der Waals surface area contributed by atoms with Crippen LogP contribution >= 0.6 is 0 Å². The van der Waals surface area contributed by atoms with Crippen molar-refractivity contribution in [3.8, 4) is 0 Å². The summed E-state index contributed by atoms with van der Waals surface area (Å²) in [5.41, 5.74) is 1.05. The van der Waals surface area contributed by atoms with Gasteiger partial charge in [0.25, 0.3) is 0 Å². The fourth-order valence-electron chi connectivity index (χ4n) is 1.69. The van der Waals surface area contributed by atoms with E-state index in [1.165, 1.54) is 0 Å². The van der Waals surface area contributed by atoms with Crippen molar-refractivity contribution in [3.05, 3.63) is 30.1 Å². The van der Waals surface area contributed by atoms with E-state index in [1.54, 1.807) is 6.20 Å². The number of ether oxygens (including phenoxy) is 1. The molecule has 0 atom stereocenters. The van der Waals surface area contributed by atoms with E-state index in [0.717, 1.165) is 25.3 Å². The first-order valence-corrected chi connectivity index (χ1v) is 6.54. The highest BCUT2D eigenvalue weighted by atomic mass is 16.5. The molecule has 0 spiro atoms. The quantitative estimate of drug-likeness (QED) is 0.656. The number of aromatic nitrogens is 1. The Morgan fingerprint density at radius 2 is 2.00 bits per heavy atom. The largest absolute Gasteiger partial charge is 0.465 e. The zero-order valence-electron chi connectivity index (χ0n) is 12.0. The molecule has 0 aliphatic rings. The molecule has 5 heteroatoms. The Hall–Kier alpha value is -1.46. The molecule has 1 rings (SSSR count). The van der Waals surface area contributed by atoms with E-state index in [4.69, 9.17) is 4.74 Å². The average molecular weight is 265 g/mol. The molecule has 0 saturated carbocycles. The fraction of sp³-hybridized carbons (Fsp3) is 0.571. The lowest BCUT2D eigenvalue weighted by Gasteiger charge is -2.21. The van der Waals surface area contributed by atoms with Gasteiger partial charge in [0.1, 0.15) is 0 Å². The molecule has 0 aliphatic carbocycles. The Morgan fingerprint density at radius 3 is 2.63 bits per heavy atom. The van der Waals surface area contributed by atoms with E-state index in [2.05, 4.69) is 9.88 Å². The van der Waals surface area contributed by atoms with Crippen LogP contribution < -0.4 is 0 Å². The lowest BCUT2D eigenvalue weighted by atomic mass is 10.3. The number of pyridine rings is 1. The molecule has 0 N–H and O–H groups in total. The second-order valence-electron chi connectivity index (χ2n) is 4.60. The molecule has 106 valence electrons. The van der Waals surface area contributed by atoms with Gasteiger partial charge < -0.3 is 4.74 Å². The molecule has 5 nitrogen and oxygen atoms in total. The second-order valence-corrected chi connectivity index (χ2v) is 4.60. The van der Waals surface area contributed by atoms with Gasteiger partial charge in [-0.05, 0) is 33.2 Å². The van der Waals surface area contributed by atoms with Crippen molar-refractivity contribution in [1.82, 2.24) is 14.8 Å². The number of carbonyl (C=O) groups excluding carboxylic acids is 1. The van der Waals surface area contributed by atoms with E-state index >= 15 is 0 Å². The van der Waals surface area contributed by atoms with Gasteiger partial charge in [0.05, 0.1) is 18.8 Å². The number of carbonyl (C=O) groups is 1. The van der Waals surface area contributed by atoms with E-state index in [-0.39, 0.29) is 5.97 Å². The molecule has 0 unspecified atom stereocenters. The number of likely N-dealkylation sites (N-methyl/N-ethyl adjacent to an activating group) is 2. The molecule has 0 aliphatic heterocycles. The van der Waals surface area contributed by atoms with E-state index in [1.807, 2.05) is 44.1 Å². The Labute approximate surface area is 115 Å². The zero-order valence-corrected chi connectivity index (χ0v) is 12.0. The minimum atomic E-state index is -0.169. The first-order chi connectivity index (χ1) is 9.11. The van der Waals surface area contributed by atoms with Crippen molar-refractivity contribution >= 4 is 5.97 Å². The van der Waals surface area contributed by atoms with Gasteiger partial charge in [0.15, 0.2) is 0 Å². The molecule has 0 fully saturated rings. The Kier molecular flexibility index (Phi) is 7.07. The highest BCUT2D eigenvalue weighted by Crippen LogP contribution is 1.98. The van der Waals surface area contributed by atoms with E-state index in [0.29, 0.717) is 13.2 Å². The highest BCUT2D eigenvalue weighted by Gasteiger charge is 2.08. The predicted octanol–water partition coefficient (Wildman–Crippen LogP) is 1.01. The van der Waals surface area contributed by atoms with Crippen LogP contribution in [0.15, 0.2) is 24.4 Å². The third-order valence-corrected chi connectivity index (χ3v) is 2.73. The summed E-state index contributed by atoms with van der Waals surface area (Å²) >= 11 is 0. The summed E-state index contributed by atoms with van der Waals surface area (Å²) in [5, 5.41) is 0. The minimum Gasteiger partial charge on any atom is -0.465 e. The van der Waals surface area contributed by atoms with Gasteiger partial charge in [-0.2, -0.15) is 0 Å². The maximum Gasteiger partial charge on any atom is 0.320 e. The minimum absolute atomic E-state index is 0.169. The average Bonchev–Trinajstić information content (AvgIpc) is 2.38. The molecular weight excluding hydrogens is 242 g/mol. The van der Waals surface area contributed by atoms with Crippen molar-refractivity contribution in [1.29, 1.82) is 0 Å². The van der Waals surface area contributed by atoms with Crippen LogP contribution in [0.2, 0.25) is 0 Å². The zero-order chi connectivity index (χ0) is 14.1. The van der Waals surface area contributed by atoms with Gasteiger partial charge in [-0.25, -0.2) is 0 Å². The van der Waals surface area contributed by atoms with Gasteiger partial charge >= 0.3 is 5.97 Å². The lowest BCUT2D eigenvalue weighted by Crippen LogP contribution is -2.34. The summed E-state index contributed by atoms with van der Waals surface area (Å²) in [5.74, 6) is -0.169. The number of nitrogens with zero attached hydrogens (tertiary/aromatic N) is 3. The molecular formula is C14H23N3O2. The summed E-state index contributed by atoms with van der Waals surface area (Å²) in [4.78, 5) is 19.7. The monoisotopic (exact) mass is 265 g/mol. The first kappa shape index (κ1) is 15.6. The maximum atomic E-state index is 11.3. The van der Waals surface area contributed by atoms with Gasteiger partial charge in [-0.3, -0.25) is 19.6 Å². The molecule has 1 aromatic rings. The molecule has 1 aromatic heterocycles. The number of hydrogen-bond donors (Lipinski definition) is 0. The maximum absolute atomic E-state index is 11.3. The summed E-state index contributed by atoms with van der Waals surface area (Å²) in [7, 11) is 3.97. The molecule has 0 bridgehead atoms. The smallest absolute Gasteiger partial charge is 0.320 e. The Bertz CT molecular complexity index is 370. The number of esters is 1. The van der Waals surface area contributed by atoms with Crippen LogP contribution in [-0.2, 0) is 16.1 Å². The lowest BCUT2D eigenvalue weighted by molar-refractivity contribution is -0.144. The molecule has 19 heavy (non-hydrogen) atoms. The summed E-state index contributed by atoms with van der Waals surface area (Å²) < 4.78 is 4.91. The van der Waals surface area contributed by atoms with Crippen LogP contribution in [-0.4, -0.2) is 61.1 Å². The molecule has 0 amide bonds.